The fourth-order valence-electron chi connectivity index (χ4n) is 1.82. The average molecular weight is 265 g/mol. The number of thioether (sulfide) groups is 1. The van der Waals surface area contributed by atoms with Gasteiger partial charge < -0.3 is 10.1 Å². The number of aryl methyl sites for hydroxylation is 1. The van der Waals surface area contributed by atoms with E-state index in [9.17, 15) is 9.59 Å². The molecule has 0 radical (unpaired) electrons. The first-order chi connectivity index (χ1) is 8.69. The first-order valence-electron chi connectivity index (χ1n) is 5.81. The van der Waals surface area contributed by atoms with Gasteiger partial charge in [0.25, 0.3) is 0 Å². The summed E-state index contributed by atoms with van der Waals surface area (Å²) >= 11 is 1.55. The topological polar surface area (TPSA) is 55.4 Å². The van der Waals surface area contributed by atoms with E-state index in [2.05, 4.69) is 10.1 Å². The minimum Gasteiger partial charge on any atom is -0.469 e. The second-order valence-electron chi connectivity index (χ2n) is 4.10. The molecule has 0 atom stereocenters. The van der Waals surface area contributed by atoms with Gasteiger partial charge in [0.1, 0.15) is 0 Å². The van der Waals surface area contributed by atoms with Gasteiger partial charge in [-0.2, -0.15) is 0 Å². The molecule has 2 rings (SSSR count). The van der Waals surface area contributed by atoms with Crippen LogP contribution in [0.1, 0.15) is 18.4 Å². The Labute approximate surface area is 110 Å². The van der Waals surface area contributed by atoms with Crippen molar-refractivity contribution in [2.24, 2.45) is 0 Å². The molecule has 1 aliphatic heterocycles. The summed E-state index contributed by atoms with van der Waals surface area (Å²) in [6.07, 6.45) is 1.99. The molecule has 0 spiro atoms. The van der Waals surface area contributed by atoms with E-state index < -0.39 is 0 Å². The Balaban J connectivity index is 1.96. The number of ether oxygens (including phenoxy) is 1. The second-order valence-corrected chi connectivity index (χ2v) is 5.11. The zero-order valence-corrected chi connectivity index (χ0v) is 11.0. The number of methoxy groups -OCH3 is 1. The van der Waals surface area contributed by atoms with Crippen LogP contribution >= 0.6 is 11.8 Å². The van der Waals surface area contributed by atoms with Crippen molar-refractivity contribution in [1.29, 1.82) is 0 Å². The summed E-state index contributed by atoms with van der Waals surface area (Å²) in [5.74, 6) is 0.338. The molecule has 0 saturated heterocycles. The molecule has 0 aromatic heterocycles. The van der Waals surface area contributed by atoms with Crippen LogP contribution in [0, 0.1) is 0 Å². The normalized spacial score (nSPS) is 13.7. The summed E-state index contributed by atoms with van der Waals surface area (Å²) in [6.45, 7) is 0. The van der Waals surface area contributed by atoms with Crippen molar-refractivity contribution >= 4 is 29.3 Å². The number of nitrogens with one attached hydrogen (secondary N) is 1. The molecule has 18 heavy (non-hydrogen) atoms. The molecule has 5 heteroatoms. The second kappa shape index (κ2) is 5.91. The van der Waals surface area contributed by atoms with Crippen molar-refractivity contribution in [3.05, 3.63) is 23.8 Å². The zero-order chi connectivity index (χ0) is 13.0. The predicted molar refractivity (Wildman–Crippen MR) is 70.7 cm³/mol. The molecule has 1 aromatic rings. The molecule has 1 aliphatic rings. The van der Waals surface area contributed by atoms with Crippen LogP contribution in [-0.4, -0.2) is 24.7 Å². The molecule has 0 bridgehead atoms. The Morgan fingerprint density at radius 1 is 1.50 bits per heavy atom. The largest absolute Gasteiger partial charge is 0.469 e. The Hall–Kier alpha value is -1.49. The lowest BCUT2D eigenvalue weighted by molar-refractivity contribution is -0.140. The fourth-order valence-corrected chi connectivity index (χ4v) is 2.61. The molecule has 1 amide bonds. The van der Waals surface area contributed by atoms with Crippen LogP contribution in [0.25, 0.3) is 0 Å². The number of fused-ring (bicyclic) bond motifs is 1. The highest BCUT2D eigenvalue weighted by Gasteiger charge is 2.15. The number of anilines is 1. The minimum absolute atomic E-state index is 0.0409. The van der Waals surface area contributed by atoms with E-state index in [0.717, 1.165) is 29.0 Å². The van der Waals surface area contributed by atoms with Crippen LogP contribution in [0.2, 0.25) is 0 Å². The lowest BCUT2D eigenvalue weighted by atomic mass is 10.1. The molecular formula is C13H15NO3S. The molecule has 4 nitrogen and oxygen atoms in total. The monoisotopic (exact) mass is 265 g/mol. The highest BCUT2D eigenvalue weighted by molar-refractivity contribution is 8.00. The molecule has 0 unspecified atom stereocenters. The van der Waals surface area contributed by atoms with Gasteiger partial charge in [0.2, 0.25) is 5.91 Å². The third-order valence-corrected chi connectivity index (χ3v) is 3.82. The van der Waals surface area contributed by atoms with Crippen molar-refractivity contribution in [2.75, 3.05) is 18.2 Å². The van der Waals surface area contributed by atoms with Crippen molar-refractivity contribution in [3.63, 3.8) is 0 Å². The maximum atomic E-state index is 11.3. The van der Waals surface area contributed by atoms with Crippen LogP contribution in [0.3, 0.4) is 0 Å². The van der Waals surface area contributed by atoms with Crippen molar-refractivity contribution < 1.29 is 14.3 Å². The lowest BCUT2D eigenvalue weighted by Crippen LogP contribution is -2.18. The van der Waals surface area contributed by atoms with E-state index >= 15 is 0 Å². The van der Waals surface area contributed by atoms with Crippen LogP contribution in [-0.2, 0) is 20.7 Å². The molecule has 0 aliphatic carbocycles. The van der Waals surface area contributed by atoms with Crippen molar-refractivity contribution in [2.45, 2.75) is 24.2 Å². The summed E-state index contributed by atoms with van der Waals surface area (Å²) in [7, 11) is 1.40. The molecular weight excluding hydrogens is 250 g/mol. The third-order valence-electron chi connectivity index (χ3n) is 2.75. The lowest BCUT2D eigenvalue weighted by Gasteiger charge is -2.17. The number of carbonyl (C=O) groups excluding carboxylic acids is 2. The van der Waals surface area contributed by atoms with E-state index in [0.29, 0.717) is 12.2 Å². The summed E-state index contributed by atoms with van der Waals surface area (Å²) < 4.78 is 4.59. The summed E-state index contributed by atoms with van der Waals surface area (Å²) in [5.41, 5.74) is 2.01. The first kappa shape index (κ1) is 13.0. The quantitative estimate of drug-likeness (QED) is 0.848. The average Bonchev–Trinajstić information content (AvgIpc) is 2.38. The van der Waals surface area contributed by atoms with E-state index in [4.69, 9.17) is 0 Å². The van der Waals surface area contributed by atoms with E-state index in [-0.39, 0.29) is 11.9 Å². The van der Waals surface area contributed by atoms with Gasteiger partial charge in [-0.05, 0) is 30.5 Å². The van der Waals surface area contributed by atoms with Gasteiger partial charge in [-0.25, -0.2) is 0 Å². The fraction of sp³-hybridized carbons (Fsp3) is 0.385. The summed E-state index contributed by atoms with van der Waals surface area (Å²) in [5, 5.41) is 2.86. The third kappa shape index (κ3) is 3.26. The molecule has 0 saturated carbocycles. The highest BCUT2D eigenvalue weighted by Crippen LogP contribution is 2.32. The summed E-state index contributed by atoms with van der Waals surface area (Å²) in [6, 6.07) is 6.05. The summed E-state index contributed by atoms with van der Waals surface area (Å²) in [4.78, 5) is 23.4. The standard InChI is InChI=1S/C13H15NO3S/c1-17-13(16)4-2-3-9-5-6-11-10(7-9)14-12(15)8-18-11/h5-7H,2-4,8H2,1H3,(H,14,15). The van der Waals surface area contributed by atoms with Crippen molar-refractivity contribution in [3.8, 4) is 0 Å². The van der Waals surface area contributed by atoms with E-state index in [1.54, 1.807) is 11.8 Å². The van der Waals surface area contributed by atoms with Crippen molar-refractivity contribution in [1.82, 2.24) is 0 Å². The van der Waals surface area contributed by atoms with Gasteiger partial charge >= 0.3 is 5.97 Å². The SMILES string of the molecule is COC(=O)CCCc1ccc2c(c1)NC(=O)CS2. The van der Waals surface area contributed by atoms with Gasteiger partial charge in [-0.15, -0.1) is 11.8 Å². The first-order valence-corrected chi connectivity index (χ1v) is 6.80. The number of esters is 1. The van der Waals surface area contributed by atoms with Gasteiger partial charge in [-0.1, -0.05) is 6.07 Å². The Morgan fingerprint density at radius 2 is 2.33 bits per heavy atom. The Morgan fingerprint density at radius 3 is 3.11 bits per heavy atom. The van der Waals surface area contributed by atoms with E-state index in [1.807, 2.05) is 18.2 Å². The minimum atomic E-state index is -0.184. The van der Waals surface area contributed by atoms with E-state index in [1.165, 1.54) is 7.11 Å². The Kier molecular flexibility index (Phi) is 4.25. The molecule has 1 aromatic carbocycles. The zero-order valence-electron chi connectivity index (χ0n) is 10.2. The number of rotatable bonds is 4. The molecule has 96 valence electrons. The molecule has 1 N–H and O–H groups in total. The van der Waals surface area contributed by atoms with Crippen LogP contribution < -0.4 is 5.32 Å². The maximum absolute atomic E-state index is 11.3. The highest BCUT2D eigenvalue weighted by atomic mass is 32.2. The molecule has 1 heterocycles. The number of hydrogen-bond donors (Lipinski definition) is 1. The number of hydrogen-bond acceptors (Lipinski definition) is 4. The molecule has 0 fully saturated rings. The smallest absolute Gasteiger partial charge is 0.305 e. The van der Waals surface area contributed by atoms with Crippen LogP contribution in [0.4, 0.5) is 5.69 Å². The van der Waals surface area contributed by atoms with Gasteiger partial charge in [0, 0.05) is 11.3 Å². The van der Waals surface area contributed by atoms with Crippen LogP contribution in [0.5, 0.6) is 0 Å². The van der Waals surface area contributed by atoms with Crippen LogP contribution in [0.15, 0.2) is 23.1 Å². The predicted octanol–water partition coefficient (Wildman–Crippen LogP) is 2.23. The Bertz CT molecular complexity index is 473. The number of amides is 1. The maximum Gasteiger partial charge on any atom is 0.305 e. The van der Waals surface area contributed by atoms with Gasteiger partial charge in [-0.3, -0.25) is 9.59 Å². The van der Waals surface area contributed by atoms with Gasteiger partial charge in [0.05, 0.1) is 18.6 Å². The van der Waals surface area contributed by atoms with Gasteiger partial charge in [0.15, 0.2) is 0 Å². The number of benzene rings is 1. The number of carbonyl (C=O) groups is 2.